The Labute approximate surface area is 119 Å². The number of sulfonamides is 1. The van der Waals surface area contributed by atoms with E-state index in [9.17, 15) is 8.42 Å². The van der Waals surface area contributed by atoms with Gasteiger partial charge in [0.15, 0.2) is 5.84 Å². The van der Waals surface area contributed by atoms with Crippen LogP contribution in [-0.4, -0.2) is 53.6 Å². The molecule has 8 heteroatoms. The van der Waals surface area contributed by atoms with Crippen molar-refractivity contribution in [2.24, 2.45) is 10.9 Å². The Bertz CT molecular complexity index is 415. The number of piperidine rings is 1. The molecule has 0 aromatic heterocycles. The minimum absolute atomic E-state index is 0.186. The first-order valence-corrected chi connectivity index (χ1v) is 9.26. The fourth-order valence-corrected chi connectivity index (χ4v) is 4.73. The summed E-state index contributed by atoms with van der Waals surface area (Å²) in [5, 5.41) is 11.9. The number of nitrogens with zero attached hydrogens (tertiary/aromatic N) is 2. The summed E-state index contributed by atoms with van der Waals surface area (Å²) in [7, 11) is -3.16. The van der Waals surface area contributed by atoms with Crippen LogP contribution >= 0.6 is 11.8 Å². The number of amidine groups is 1. The number of unbranched alkanes of at least 4 members (excludes halogenated alkanes) is 1. The van der Waals surface area contributed by atoms with Gasteiger partial charge in [-0.15, -0.1) is 0 Å². The molecule has 1 heterocycles. The van der Waals surface area contributed by atoms with Gasteiger partial charge in [-0.1, -0.05) is 18.5 Å². The number of hydrogen-bond acceptors (Lipinski definition) is 5. The zero-order chi connectivity index (χ0) is 14.5. The molecule has 0 aromatic carbocycles. The van der Waals surface area contributed by atoms with Crippen molar-refractivity contribution in [1.82, 2.24) is 4.31 Å². The molecule has 0 amide bonds. The average Bonchev–Trinajstić information content (AvgIpc) is 2.44. The molecule has 1 aliphatic rings. The highest BCUT2D eigenvalue weighted by Crippen LogP contribution is 2.35. The maximum Gasteiger partial charge on any atom is 0.214 e. The van der Waals surface area contributed by atoms with Gasteiger partial charge in [-0.25, -0.2) is 12.7 Å². The van der Waals surface area contributed by atoms with Crippen LogP contribution in [-0.2, 0) is 10.0 Å². The van der Waals surface area contributed by atoms with Crippen LogP contribution in [0.3, 0.4) is 0 Å². The summed E-state index contributed by atoms with van der Waals surface area (Å²) < 4.78 is 25.3. The molecule has 0 saturated carbocycles. The molecular formula is C11H23N3O3S2. The van der Waals surface area contributed by atoms with Gasteiger partial charge in [0.1, 0.15) is 0 Å². The largest absolute Gasteiger partial charge is 0.409 e. The van der Waals surface area contributed by atoms with Gasteiger partial charge in [0.2, 0.25) is 10.0 Å². The molecule has 0 radical (unpaired) electrons. The van der Waals surface area contributed by atoms with E-state index >= 15 is 0 Å². The van der Waals surface area contributed by atoms with Crippen LogP contribution in [0.1, 0.15) is 32.6 Å². The number of nitrogens with two attached hydrogens (primary N) is 1. The summed E-state index contributed by atoms with van der Waals surface area (Å²) in [6.45, 7) is 2.84. The lowest BCUT2D eigenvalue weighted by atomic mass is 9.96. The molecule has 1 fully saturated rings. The van der Waals surface area contributed by atoms with Gasteiger partial charge in [0.25, 0.3) is 0 Å². The van der Waals surface area contributed by atoms with E-state index in [1.54, 1.807) is 0 Å². The molecular weight excluding hydrogens is 286 g/mol. The van der Waals surface area contributed by atoms with Crippen molar-refractivity contribution < 1.29 is 13.6 Å². The minimum Gasteiger partial charge on any atom is -0.409 e. The molecule has 112 valence electrons. The molecule has 1 saturated heterocycles. The summed E-state index contributed by atoms with van der Waals surface area (Å²) in [6, 6.07) is 0. The van der Waals surface area contributed by atoms with Crippen molar-refractivity contribution in [3.63, 3.8) is 0 Å². The molecule has 3 N–H and O–H groups in total. The molecule has 6 nitrogen and oxygen atoms in total. The summed E-state index contributed by atoms with van der Waals surface area (Å²) in [5.74, 6) is 0.393. The quantitative estimate of drug-likeness (QED) is 0.331. The van der Waals surface area contributed by atoms with Gasteiger partial charge in [-0.2, -0.15) is 11.8 Å². The monoisotopic (exact) mass is 309 g/mol. The third kappa shape index (κ3) is 3.76. The van der Waals surface area contributed by atoms with Gasteiger partial charge >= 0.3 is 0 Å². The smallest absolute Gasteiger partial charge is 0.214 e. The Hall–Kier alpha value is -0.470. The van der Waals surface area contributed by atoms with E-state index in [4.69, 9.17) is 10.9 Å². The Balaban J connectivity index is 2.71. The molecule has 0 aromatic rings. The van der Waals surface area contributed by atoms with Crippen LogP contribution in [0, 0.1) is 0 Å². The maximum atomic E-state index is 12.1. The highest BCUT2D eigenvalue weighted by Gasteiger charge is 2.40. The van der Waals surface area contributed by atoms with Crippen LogP contribution in [0.4, 0.5) is 0 Å². The molecule has 1 rings (SSSR count). The first-order chi connectivity index (χ1) is 8.91. The number of oxime groups is 1. The summed E-state index contributed by atoms with van der Waals surface area (Å²) >= 11 is 1.52. The minimum atomic E-state index is -3.16. The first-order valence-electron chi connectivity index (χ1n) is 6.43. The zero-order valence-corrected chi connectivity index (χ0v) is 13.1. The van der Waals surface area contributed by atoms with Crippen LogP contribution in [0.15, 0.2) is 5.16 Å². The fourth-order valence-electron chi connectivity index (χ4n) is 2.24. The first kappa shape index (κ1) is 16.6. The van der Waals surface area contributed by atoms with E-state index < -0.39 is 14.8 Å². The van der Waals surface area contributed by atoms with Gasteiger partial charge in [-0.3, -0.25) is 0 Å². The Morgan fingerprint density at radius 3 is 2.47 bits per heavy atom. The zero-order valence-electron chi connectivity index (χ0n) is 11.5. The van der Waals surface area contributed by atoms with E-state index in [0.29, 0.717) is 32.4 Å². The van der Waals surface area contributed by atoms with Crippen molar-refractivity contribution in [3.05, 3.63) is 0 Å². The van der Waals surface area contributed by atoms with Gasteiger partial charge in [0.05, 0.1) is 10.5 Å². The molecule has 0 aliphatic carbocycles. The predicted octanol–water partition coefficient (Wildman–Crippen LogP) is 1.06. The van der Waals surface area contributed by atoms with Crippen LogP contribution in [0.5, 0.6) is 0 Å². The Kier molecular flexibility index (Phi) is 5.94. The second-order valence-electron chi connectivity index (χ2n) is 4.75. The number of hydrogen-bond donors (Lipinski definition) is 2. The van der Waals surface area contributed by atoms with E-state index in [1.807, 2.05) is 13.2 Å². The van der Waals surface area contributed by atoms with Crippen molar-refractivity contribution in [3.8, 4) is 0 Å². The standard InChI is InChI=1S/C11H23N3O3S2/c1-3-4-9-19(16,17)14-7-5-11(18-2,6-8-14)10(12)13-15/h15H,3-9H2,1-2H3,(H2,12,13). The molecule has 1 aliphatic heterocycles. The number of rotatable bonds is 6. The number of thioether (sulfide) groups is 1. The lowest BCUT2D eigenvalue weighted by Gasteiger charge is -2.39. The van der Waals surface area contributed by atoms with Crippen molar-refractivity contribution in [2.45, 2.75) is 37.4 Å². The summed E-state index contributed by atoms with van der Waals surface area (Å²) in [6.07, 6.45) is 4.61. The SMILES string of the molecule is CCCCS(=O)(=O)N1CCC(SC)(C(N)=NO)CC1. The van der Waals surface area contributed by atoms with E-state index in [2.05, 4.69) is 5.16 Å². The molecule has 0 bridgehead atoms. The van der Waals surface area contributed by atoms with Gasteiger partial charge in [-0.05, 0) is 25.5 Å². The van der Waals surface area contributed by atoms with Gasteiger partial charge in [0, 0.05) is 13.1 Å². The van der Waals surface area contributed by atoms with Gasteiger partial charge < -0.3 is 10.9 Å². The lowest BCUT2D eigenvalue weighted by Crippen LogP contribution is -2.51. The summed E-state index contributed by atoms with van der Waals surface area (Å²) in [4.78, 5) is 0. The van der Waals surface area contributed by atoms with E-state index in [0.717, 1.165) is 6.42 Å². The molecule has 0 atom stereocenters. The van der Waals surface area contributed by atoms with Crippen molar-refractivity contribution >= 4 is 27.6 Å². The summed E-state index contributed by atoms with van der Waals surface area (Å²) in [5.41, 5.74) is 5.74. The third-order valence-corrected chi connectivity index (χ3v) is 7.00. The lowest BCUT2D eigenvalue weighted by molar-refractivity contribution is 0.300. The maximum absolute atomic E-state index is 12.1. The highest BCUT2D eigenvalue weighted by molar-refractivity contribution is 8.00. The fraction of sp³-hybridized carbons (Fsp3) is 0.909. The average molecular weight is 309 g/mol. The van der Waals surface area contributed by atoms with E-state index in [1.165, 1.54) is 16.1 Å². The van der Waals surface area contributed by atoms with Crippen LogP contribution in [0.2, 0.25) is 0 Å². The molecule has 0 unspecified atom stereocenters. The van der Waals surface area contributed by atoms with Crippen LogP contribution in [0.25, 0.3) is 0 Å². The molecule has 19 heavy (non-hydrogen) atoms. The topological polar surface area (TPSA) is 96.0 Å². The Morgan fingerprint density at radius 1 is 1.47 bits per heavy atom. The van der Waals surface area contributed by atoms with E-state index in [-0.39, 0.29) is 11.6 Å². The van der Waals surface area contributed by atoms with Crippen molar-refractivity contribution in [1.29, 1.82) is 0 Å². The third-order valence-electron chi connectivity index (χ3n) is 3.64. The molecule has 0 spiro atoms. The Morgan fingerprint density at radius 2 is 2.05 bits per heavy atom. The second kappa shape index (κ2) is 6.81. The second-order valence-corrected chi connectivity index (χ2v) is 8.03. The van der Waals surface area contributed by atoms with Crippen molar-refractivity contribution in [2.75, 3.05) is 25.1 Å². The normalized spacial score (nSPS) is 21.5. The highest BCUT2D eigenvalue weighted by atomic mass is 32.2. The van der Waals surface area contributed by atoms with Crippen LogP contribution < -0.4 is 5.73 Å². The predicted molar refractivity (Wildman–Crippen MR) is 79.2 cm³/mol.